The van der Waals surface area contributed by atoms with Gasteiger partial charge in [-0.1, -0.05) is 13.3 Å². The predicted molar refractivity (Wildman–Crippen MR) is 75.8 cm³/mol. The lowest BCUT2D eigenvalue weighted by molar-refractivity contribution is 0.249. The minimum absolute atomic E-state index is 0.0814. The summed E-state index contributed by atoms with van der Waals surface area (Å²) in [6, 6.07) is 1.56. The third-order valence-electron chi connectivity index (χ3n) is 3.60. The van der Waals surface area contributed by atoms with Crippen molar-refractivity contribution in [3.8, 4) is 0 Å². The van der Waals surface area contributed by atoms with Crippen molar-refractivity contribution in [1.82, 2.24) is 4.31 Å². The molecule has 0 aliphatic heterocycles. The van der Waals surface area contributed by atoms with Gasteiger partial charge in [-0.05, 0) is 40.8 Å². The van der Waals surface area contributed by atoms with Crippen LogP contribution in [0.25, 0.3) is 0 Å². The van der Waals surface area contributed by atoms with Gasteiger partial charge in [-0.25, -0.2) is 17.2 Å². The van der Waals surface area contributed by atoms with Crippen LogP contribution < -0.4 is 0 Å². The standard InChI is InChI=1S/C13H16BrF2NO2S/c1-2-17(8-9-4-3-5-9)20(18,19)13-11(14)6-10(15)7-12(13)16/h6-7,9H,2-5,8H2,1H3. The molecule has 0 bridgehead atoms. The number of benzene rings is 1. The highest BCUT2D eigenvalue weighted by Gasteiger charge is 2.32. The zero-order chi connectivity index (χ0) is 14.9. The Hall–Kier alpha value is -0.530. The second kappa shape index (κ2) is 6.07. The summed E-state index contributed by atoms with van der Waals surface area (Å²) in [7, 11) is -3.96. The lowest BCUT2D eigenvalue weighted by Crippen LogP contribution is -2.37. The maximum absolute atomic E-state index is 13.9. The topological polar surface area (TPSA) is 37.4 Å². The Kier molecular flexibility index (Phi) is 4.81. The molecule has 1 saturated carbocycles. The zero-order valence-corrected chi connectivity index (χ0v) is 13.5. The summed E-state index contributed by atoms with van der Waals surface area (Å²) < 4.78 is 53.2. The van der Waals surface area contributed by atoms with E-state index in [1.54, 1.807) is 6.92 Å². The normalized spacial score (nSPS) is 16.4. The third-order valence-corrected chi connectivity index (χ3v) is 6.51. The van der Waals surface area contributed by atoms with Crippen LogP contribution in [0.1, 0.15) is 26.2 Å². The second-order valence-corrected chi connectivity index (χ2v) is 7.68. The average molecular weight is 368 g/mol. The monoisotopic (exact) mass is 367 g/mol. The molecule has 0 aromatic heterocycles. The molecule has 1 aromatic rings. The summed E-state index contributed by atoms with van der Waals surface area (Å²) in [5.41, 5.74) is 0. The first-order chi connectivity index (χ1) is 9.36. The first-order valence-electron chi connectivity index (χ1n) is 6.51. The lowest BCUT2D eigenvalue weighted by atomic mass is 9.85. The summed E-state index contributed by atoms with van der Waals surface area (Å²) in [6.45, 7) is 2.37. The van der Waals surface area contributed by atoms with Crippen LogP contribution in [-0.2, 0) is 10.0 Å². The van der Waals surface area contributed by atoms with E-state index >= 15 is 0 Å². The Morgan fingerprint density at radius 1 is 1.35 bits per heavy atom. The van der Waals surface area contributed by atoms with E-state index in [1.807, 2.05) is 0 Å². The first kappa shape index (κ1) is 15.9. The van der Waals surface area contributed by atoms with Gasteiger partial charge in [-0.15, -0.1) is 0 Å². The highest BCUT2D eigenvalue weighted by molar-refractivity contribution is 9.10. The van der Waals surface area contributed by atoms with Gasteiger partial charge in [0.2, 0.25) is 10.0 Å². The number of hydrogen-bond acceptors (Lipinski definition) is 2. The molecule has 3 nitrogen and oxygen atoms in total. The minimum atomic E-state index is -3.96. The molecule has 112 valence electrons. The summed E-state index contributed by atoms with van der Waals surface area (Å²) in [4.78, 5) is -0.486. The Morgan fingerprint density at radius 3 is 2.45 bits per heavy atom. The zero-order valence-electron chi connectivity index (χ0n) is 11.1. The molecule has 1 aliphatic rings. The molecule has 1 fully saturated rings. The number of rotatable bonds is 5. The van der Waals surface area contributed by atoms with Crippen LogP contribution in [0.5, 0.6) is 0 Å². The third kappa shape index (κ3) is 3.04. The van der Waals surface area contributed by atoms with Crippen molar-refractivity contribution in [2.24, 2.45) is 5.92 Å². The van der Waals surface area contributed by atoms with Gasteiger partial charge in [0, 0.05) is 23.6 Å². The molecule has 2 rings (SSSR count). The van der Waals surface area contributed by atoms with E-state index in [2.05, 4.69) is 15.9 Å². The fourth-order valence-corrected chi connectivity index (χ4v) is 4.90. The predicted octanol–water partition coefficient (Wildman–Crippen LogP) is 3.54. The Morgan fingerprint density at radius 2 is 2.00 bits per heavy atom. The van der Waals surface area contributed by atoms with Crippen molar-refractivity contribution >= 4 is 26.0 Å². The maximum atomic E-state index is 13.9. The van der Waals surface area contributed by atoms with Crippen molar-refractivity contribution in [2.45, 2.75) is 31.1 Å². The van der Waals surface area contributed by atoms with E-state index in [1.165, 1.54) is 4.31 Å². The quantitative estimate of drug-likeness (QED) is 0.797. The van der Waals surface area contributed by atoms with Gasteiger partial charge in [0.1, 0.15) is 16.5 Å². The molecule has 0 saturated heterocycles. The van der Waals surface area contributed by atoms with Crippen molar-refractivity contribution in [3.05, 3.63) is 28.2 Å². The largest absolute Gasteiger partial charge is 0.247 e. The van der Waals surface area contributed by atoms with Crippen LogP contribution in [0.3, 0.4) is 0 Å². The van der Waals surface area contributed by atoms with Crippen molar-refractivity contribution in [3.63, 3.8) is 0 Å². The van der Waals surface area contributed by atoms with Crippen LogP contribution in [0.2, 0.25) is 0 Å². The lowest BCUT2D eigenvalue weighted by Gasteiger charge is -2.31. The van der Waals surface area contributed by atoms with Crippen molar-refractivity contribution in [2.75, 3.05) is 13.1 Å². The SMILES string of the molecule is CCN(CC1CCC1)S(=O)(=O)c1c(F)cc(F)cc1Br. The maximum Gasteiger partial charge on any atom is 0.247 e. The second-order valence-electron chi connectivity index (χ2n) is 4.95. The van der Waals surface area contributed by atoms with E-state index in [9.17, 15) is 17.2 Å². The number of halogens is 3. The van der Waals surface area contributed by atoms with E-state index in [-0.39, 0.29) is 11.0 Å². The molecule has 1 aliphatic carbocycles. The molecule has 0 heterocycles. The van der Waals surface area contributed by atoms with E-state index in [0.717, 1.165) is 25.3 Å². The smallest absolute Gasteiger partial charge is 0.207 e. The van der Waals surface area contributed by atoms with Crippen LogP contribution in [0, 0.1) is 17.6 Å². The molecule has 0 atom stereocenters. The van der Waals surface area contributed by atoms with Gasteiger partial charge in [-0.2, -0.15) is 4.31 Å². The van der Waals surface area contributed by atoms with Crippen molar-refractivity contribution in [1.29, 1.82) is 0 Å². The number of sulfonamides is 1. The summed E-state index contributed by atoms with van der Waals surface area (Å²) in [6.07, 6.45) is 3.11. The van der Waals surface area contributed by atoms with Gasteiger partial charge >= 0.3 is 0 Å². The van der Waals surface area contributed by atoms with Crippen LogP contribution in [-0.4, -0.2) is 25.8 Å². The van der Waals surface area contributed by atoms with Crippen molar-refractivity contribution < 1.29 is 17.2 Å². The van der Waals surface area contributed by atoms with Gasteiger partial charge in [0.05, 0.1) is 0 Å². The molecule has 0 amide bonds. The highest BCUT2D eigenvalue weighted by Crippen LogP contribution is 2.32. The van der Waals surface area contributed by atoms with E-state index in [0.29, 0.717) is 18.5 Å². The van der Waals surface area contributed by atoms with Gasteiger partial charge in [0.15, 0.2) is 0 Å². The van der Waals surface area contributed by atoms with Gasteiger partial charge < -0.3 is 0 Å². The minimum Gasteiger partial charge on any atom is -0.207 e. The fourth-order valence-electron chi connectivity index (χ4n) is 2.27. The average Bonchev–Trinajstić information content (AvgIpc) is 2.24. The Bertz CT molecular complexity index is 579. The van der Waals surface area contributed by atoms with Crippen LogP contribution in [0.15, 0.2) is 21.5 Å². The first-order valence-corrected chi connectivity index (χ1v) is 8.74. The molecule has 1 aromatic carbocycles. The highest BCUT2D eigenvalue weighted by atomic mass is 79.9. The molecule has 20 heavy (non-hydrogen) atoms. The van der Waals surface area contributed by atoms with Gasteiger partial charge in [0.25, 0.3) is 0 Å². The van der Waals surface area contributed by atoms with E-state index in [4.69, 9.17) is 0 Å². The van der Waals surface area contributed by atoms with E-state index < -0.39 is 26.6 Å². The molecular weight excluding hydrogens is 352 g/mol. The van der Waals surface area contributed by atoms with Gasteiger partial charge in [-0.3, -0.25) is 0 Å². The summed E-state index contributed by atoms with van der Waals surface area (Å²) in [5, 5.41) is 0. The Balaban J connectivity index is 2.37. The summed E-state index contributed by atoms with van der Waals surface area (Å²) in [5.74, 6) is -1.54. The molecular formula is C13H16BrF2NO2S. The number of hydrogen-bond donors (Lipinski definition) is 0. The van der Waals surface area contributed by atoms with Crippen LogP contribution >= 0.6 is 15.9 Å². The molecule has 0 spiro atoms. The molecule has 0 N–H and O–H groups in total. The molecule has 0 radical (unpaired) electrons. The Labute approximate surface area is 126 Å². The molecule has 7 heteroatoms. The summed E-state index contributed by atoms with van der Waals surface area (Å²) >= 11 is 2.94. The van der Waals surface area contributed by atoms with Crippen LogP contribution in [0.4, 0.5) is 8.78 Å². The number of nitrogens with zero attached hydrogens (tertiary/aromatic N) is 1. The molecule has 0 unspecified atom stereocenters. The fraction of sp³-hybridized carbons (Fsp3) is 0.538.